The van der Waals surface area contributed by atoms with E-state index in [2.05, 4.69) is 4.74 Å². The quantitative estimate of drug-likeness (QED) is 0.611. The van der Waals surface area contributed by atoms with Gasteiger partial charge in [0.15, 0.2) is 5.76 Å². The van der Waals surface area contributed by atoms with Crippen molar-refractivity contribution in [2.75, 3.05) is 14.2 Å². The van der Waals surface area contributed by atoms with Crippen LogP contribution in [0.2, 0.25) is 0 Å². The Balaban J connectivity index is 2.19. The second-order valence-corrected chi connectivity index (χ2v) is 3.74. The zero-order valence-electron chi connectivity index (χ0n) is 10.5. The molecule has 0 aromatic heterocycles. The van der Waals surface area contributed by atoms with Gasteiger partial charge in [0.2, 0.25) is 5.78 Å². The van der Waals surface area contributed by atoms with Crippen molar-refractivity contribution < 1.29 is 23.8 Å². The molecule has 1 aliphatic rings. The fourth-order valence-corrected chi connectivity index (χ4v) is 1.55. The molecule has 0 aliphatic carbocycles. The molecule has 0 bridgehead atoms. The van der Waals surface area contributed by atoms with Crippen molar-refractivity contribution in [3.63, 3.8) is 0 Å². The minimum atomic E-state index is -0.632. The Morgan fingerprint density at radius 3 is 2.47 bits per heavy atom. The van der Waals surface area contributed by atoms with E-state index in [1.165, 1.54) is 13.2 Å². The topological polar surface area (TPSA) is 61.8 Å². The SMILES string of the molecule is COC(=O)/C=C1/OC(c2ccc(OC)cc2)=CC1=O. The summed E-state index contributed by atoms with van der Waals surface area (Å²) in [4.78, 5) is 22.7. The minimum Gasteiger partial charge on any atom is -0.497 e. The molecule has 0 saturated carbocycles. The Labute approximate surface area is 110 Å². The number of hydrogen-bond donors (Lipinski definition) is 0. The van der Waals surface area contributed by atoms with Gasteiger partial charge >= 0.3 is 5.97 Å². The molecule has 0 spiro atoms. The van der Waals surface area contributed by atoms with Gasteiger partial charge in [-0.3, -0.25) is 4.79 Å². The first-order chi connectivity index (χ1) is 9.13. The highest BCUT2D eigenvalue weighted by molar-refractivity contribution is 6.12. The highest BCUT2D eigenvalue weighted by Gasteiger charge is 2.23. The number of ketones is 1. The lowest BCUT2D eigenvalue weighted by atomic mass is 10.1. The summed E-state index contributed by atoms with van der Waals surface area (Å²) >= 11 is 0. The number of methoxy groups -OCH3 is 2. The molecule has 98 valence electrons. The standard InChI is InChI=1S/C14H12O5/c1-17-10-5-3-9(4-6-10)12-7-11(15)13(19-12)8-14(16)18-2/h3-8H,1-2H3/b13-8+. The second-order valence-electron chi connectivity index (χ2n) is 3.74. The summed E-state index contributed by atoms with van der Waals surface area (Å²) in [6.45, 7) is 0. The zero-order chi connectivity index (χ0) is 13.8. The molecule has 0 N–H and O–H groups in total. The maximum atomic E-state index is 11.6. The van der Waals surface area contributed by atoms with Gasteiger partial charge in [-0.05, 0) is 24.3 Å². The number of benzene rings is 1. The summed E-state index contributed by atoms with van der Waals surface area (Å²) < 4.78 is 14.8. The number of carbonyl (C=O) groups excluding carboxylic acids is 2. The Morgan fingerprint density at radius 1 is 1.21 bits per heavy atom. The highest BCUT2D eigenvalue weighted by Crippen LogP contribution is 2.27. The van der Waals surface area contributed by atoms with Gasteiger partial charge in [-0.2, -0.15) is 0 Å². The van der Waals surface area contributed by atoms with Crippen LogP contribution in [0.25, 0.3) is 5.76 Å². The molecule has 1 aromatic rings. The molecule has 2 rings (SSSR count). The van der Waals surface area contributed by atoms with E-state index in [1.54, 1.807) is 31.4 Å². The van der Waals surface area contributed by atoms with Crippen molar-refractivity contribution in [2.24, 2.45) is 0 Å². The number of carbonyl (C=O) groups is 2. The molecule has 0 atom stereocenters. The Bertz CT molecular complexity index is 566. The van der Waals surface area contributed by atoms with Gasteiger partial charge in [-0.25, -0.2) is 4.79 Å². The third-order valence-corrected chi connectivity index (χ3v) is 2.55. The number of esters is 1. The van der Waals surface area contributed by atoms with Crippen LogP contribution in [-0.4, -0.2) is 26.0 Å². The zero-order valence-corrected chi connectivity index (χ0v) is 10.5. The molecule has 0 amide bonds. The summed E-state index contributed by atoms with van der Waals surface area (Å²) in [5.74, 6) is 0.0587. The van der Waals surface area contributed by atoms with Crippen LogP contribution in [-0.2, 0) is 19.1 Å². The Morgan fingerprint density at radius 2 is 1.89 bits per heavy atom. The molecular formula is C14H12O5. The molecule has 1 aromatic carbocycles. The monoisotopic (exact) mass is 260 g/mol. The van der Waals surface area contributed by atoms with E-state index in [9.17, 15) is 9.59 Å². The van der Waals surface area contributed by atoms with Crippen LogP contribution in [0.5, 0.6) is 5.75 Å². The maximum Gasteiger partial charge on any atom is 0.334 e. The smallest absolute Gasteiger partial charge is 0.334 e. The van der Waals surface area contributed by atoms with Crippen LogP contribution >= 0.6 is 0 Å². The normalized spacial score (nSPS) is 16.0. The van der Waals surface area contributed by atoms with Gasteiger partial charge in [0.25, 0.3) is 0 Å². The van der Waals surface area contributed by atoms with E-state index in [-0.39, 0.29) is 11.5 Å². The van der Waals surface area contributed by atoms with Gasteiger partial charge in [-0.1, -0.05) is 0 Å². The lowest BCUT2D eigenvalue weighted by Crippen LogP contribution is -2.01. The molecule has 1 aliphatic heterocycles. The molecule has 0 fully saturated rings. The van der Waals surface area contributed by atoms with Crippen LogP contribution in [0.4, 0.5) is 0 Å². The summed E-state index contributed by atoms with van der Waals surface area (Å²) in [5, 5.41) is 0. The van der Waals surface area contributed by atoms with Crippen LogP contribution in [0, 0.1) is 0 Å². The van der Waals surface area contributed by atoms with E-state index in [0.717, 1.165) is 11.6 Å². The van der Waals surface area contributed by atoms with E-state index >= 15 is 0 Å². The van der Waals surface area contributed by atoms with Gasteiger partial charge in [0, 0.05) is 11.6 Å². The van der Waals surface area contributed by atoms with Crippen molar-refractivity contribution in [3.8, 4) is 5.75 Å². The van der Waals surface area contributed by atoms with Crippen LogP contribution in [0.3, 0.4) is 0 Å². The fourth-order valence-electron chi connectivity index (χ4n) is 1.55. The average Bonchev–Trinajstić information content (AvgIpc) is 2.80. The third kappa shape index (κ3) is 2.82. The first kappa shape index (κ1) is 12.9. The fraction of sp³-hybridized carbons (Fsp3) is 0.143. The van der Waals surface area contributed by atoms with Gasteiger partial charge in [-0.15, -0.1) is 0 Å². The van der Waals surface area contributed by atoms with E-state index in [0.29, 0.717) is 11.5 Å². The lowest BCUT2D eigenvalue weighted by molar-refractivity contribution is -0.135. The lowest BCUT2D eigenvalue weighted by Gasteiger charge is -2.05. The Hall–Kier alpha value is -2.56. The molecule has 0 radical (unpaired) electrons. The number of allylic oxidation sites excluding steroid dienone is 1. The summed E-state index contributed by atoms with van der Waals surface area (Å²) in [7, 11) is 2.80. The van der Waals surface area contributed by atoms with Crippen molar-refractivity contribution in [1.82, 2.24) is 0 Å². The van der Waals surface area contributed by atoms with E-state index < -0.39 is 5.97 Å². The molecule has 0 unspecified atom stereocenters. The molecular weight excluding hydrogens is 248 g/mol. The number of ether oxygens (including phenoxy) is 3. The molecule has 5 heteroatoms. The molecule has 5 nitrogen and oxygen atoms in total. The van der Waals surface area contributed by atoms with E-state index in [1.807, 2.05) is 0 Å². The van der Waals surface area contributed by atoms with Crippen LogP contribution in [0.1, 0.15) is 5.56 Å². The summed E-state index contributed by atoms with van der Waals surface area (Å²) in [5.41, 5.74) is 0.724. The minimum absolute atomic E-state index is 0.0438. The summed E-state index contributed by atoms with van der Waals surface area (Å²) in [6, 6.07) is 7.04. The molecule has 0 saturated heterocycles. The number of hydrogen-bond acceptors (Lipinski definition) is 5. The van der Waals surface area contributed by atoms with Crippen molar-refractivity contribution in [2.45, 2.75) is 0 Å². The largest absolute Gasteiger partial charge is 0.497 e. The van der Waals surface area contributed by atoms with E-state index in [4.69, 9.17) is 9.47 Å². The third-order valence-electron chi connectivity index (χ3n) is 2.55. The van der Waals surface area contributed by atoms with Gasteiger partial charge in [0.1, 0.15) is 11.5 Å². The summed E-state index contributed by atoms with van der Waals surface area (Å²) in [6.07, 6.45) is 2.35. The van der Waals surface area contributed by atoms with Gasteiger partial charge < -0.3 is 14.2 Å². The van der Waals surface area contributed by atoms with Crippen molar-refractivity contribution in [1.29, 1.82) is 0 Å². The second kappa shape index (κ2) is 5.39. The number of rotatable bonds is 3. The highest BCUT2D eigenvalue weighted by atomic mass is 16.5. The predicted octanol–water partition coefficient (Wildman–Crippen LogP) is 1.69. The van der Waals surface area contributed by atoms with Crippen LogP contribution < -0.4 is 4.74 Å². The molecule has 1 heterocycles. The average molecular weight is 260 g/mol. The van der Waals surface area contributed by atoms with Crippen LogP contribution in [0.15, 0.2) is 42.2 Å². The maximum absolute atomic E-state index is 11.6. The predicted molar refractivity (Wildman–Crippen MR) is 67.2 cm³/mol. The first-order valence-corrected chi connectivity index (χ1v) is 5.52. The Kier molecular flexibility index (Phi) is 3.66. The first-order valence-electron chi connectivity index (χ1n) is 5.52. The molecule has 19 heavy (non-hydrogen) atoms. The van der Waals surface area contributed by atoms with Gasteiger partial charge in [0.05, 0.1) is 20.3 Å². The van der Waals surface area contributed by atoms with Crippen molar-refractivity contribution >= 4 is 17.5 Å². The van der Waals surface area contributed by atoms with Crippen molar-refractivity contribution in [3.05, 3.63) is 47.7 Å².